The fourth-order valence-electron chi connectivity index (χ4n) is 3.92. The van der Waals surface area contributed by atoms with Gasteiger partial charge in [-0.25, -0.2) is 4.79 Å². The van der Waals surface area contributed by atoms with E-state index >= 15 is 0 Å². The molecular weight excluding hydrogens is 398 g/mol. The largest absolute Gasteiger partial charge is 0.497 e. The van der Waals surface area contributed by atoms with Crippen molar-refractivity contribution in [3.8, 4) is 17.2 Å². The third-order valence-electron chi connectivity index (χ3n) is 5.57. The van der Waals surface area contributed by atoms with Crippen molar-refractivity contribution < 1.29 is 9.47 Å². The summed E-state index contributed by atoms with van der Waals surface area (Å²) >= 11 is 0. The molecule has 9 heteroatoms. The lowest BCUT2D eigenvalue weighted by Crippen LogP contribution is -2.39. The summed E-state index contributed by atoms with van der Waals surface area (Å²) in [4.78, 5) is 30.8. The second-order valence-electron chi connectivity index (χ2n) is 7.65. The Bertz CT molecular complexity index is 1480. The fourth-order valence-corrected chi connectivity index (χ4v) is 3.92. The minimum Gasteiger partial charge on any atom is -0.497 e. The van der Waals surface area contributed by atoms with Crippen LogP contribution in [0.4, 0.5) is 0 Å². The number of fused-ring (bicyclic) bond motifs is 3. The summed E-state index contributed by atoms with van der Waals surface area (Å²) in [5.74, 6) is 1.78. The highest BCUT2D eigenvalue weighted by Gasteiger charge is 2.24. The Morgan fingerprint density at radius 2 is 1.84 bits per heavy atom. The van der Waals surface area contributed by atoms with Gasteiger partial charge in [0.2, 0.25) is 5.78 Å². The number of allylic oxidation sites excluding steroid dienone is 1. The zero-order valence-electron chi connectivity index (χ0n) is 18.5. The molecule has 0 aliphatic rings. The summed E-state index contributed by atoms with van der Waals surface area (Å²) < 4.78 is 17.2. The van der Waals surface area contributed by atoms with Crippen LogP contribution in [0.2, 0.25) is 0 Å². The van der Waals surface area contributed by atoms with E-state index in [0.717, 1.165) is 17.1 Å². The number of nitrogens with zero attached hydrogens (tertiary/aromatic N) is 5. The molecule has 9 nitrogen and oxygen atoms in total. The fraction of sp³-hybridized carbons (Fsp3) is 0.318. The lowest BCUT2D eigenvalue weighted by Gasteiger charge is -2.13. The van der Waals surface area contributed by atoms with Crippen LogP contribution in [0.3, 0.4) is 0 Å². The van der Waals surface area contributed by atoms with E-state index in [9.17, 15) is 9.59 Å². The molecular formula is C22H25N5O4. The maximum Gasteiger partial charge on any atom is 0.332 e. The average molecular weight is 423 g/mol. The van der Waals surface area contributed by atoms with Gasteiger partial charge in [0, 0.05) is 24.5 Å². The third-order valence-corrected chi connectivity index (χ3v) is 5.57. The predicted octanol–water partition coefficient (Wildman–Crippen LogP) is 2.35. The zero-order chi connectivity index (χ0) is 22.6. The molecule has 4 rings (SSSR count). The highest BCUT2D eigenvalue weighted by molar-refractivity contribution is 5.77. The summed E-state index contributed by atoms with van der Waals surface area (Å²) in [6.07, 6.45) is 0. The van der Waals surface area contributed by atoms with Crippen molar-refractivity contribution in [1.82, 2.24) is 23.1 Å². The molecule has 0 fully saturated rings. The maximum absolute atomic E-state index is 13.3. The first-order valence-corrected chi connectivity index (χ1v) is 9.77. The smallest absolute Gasteiger partial charge is 0.332 e. The van der Waals surface area contributed by atoms with Gasteiger partial charge in [0.15, 0.2) is 11.2 Å². The average Bonchev–Trinajstić information content (AvgIpc) is 3.24. The summed E-state index contributed by atoms with van der Waals surface area (Å²) in [5, 5.41) is 0. The van der Waals surface area contributed by atoms with Crippen LogP contribution >= 0.6 is 0 Å². The Labute approximate surface area is 178 Å². The summed E-state index contributed by atoms with van der Waals surface area (Å²) in [6, 6.07) is 5.50. The van der Waals surface area contributed by atoms with Crippen LogP contribution in [0.15, 0.2) is 39.9 Å². The van der Waals surface area contributed by atoms with Crippen LogP contribution < -0.4 is 20.7 Å². The molecule has 3 aromatic heterocycles. The van der Waals surface area contributed by atoms with Gasteiger partial charge in [0.1, 0.15) is 11.5 Å². The molecule has 4 aromatic rings. The molecule has 3 heterocycles. The molecule has 1 aromatic carbocycles. The van der Waals surface area contributed by atoms with Gasteiger partial charge in [-0.1, -0.05) is 12.2 Å². The van der Waals surface area contributed by atoms with Crippen molar-refractivity contribution in [2.45, 2.75) is 27.3 Å². The van der Waals surface area contributed by atoms with Crippen LogP contribution in [0.5, 0.6) is 11.5 Å². The normalized spacial score (nSPS) is 11.4. The summed E-state index contributed by atoms with van der Waals surface area (Å²) in [7, 11) is 4.80. The van der Waals surface area contributed by atoms with E-state index in [-0.39, 0.29) is 6.54 Å². The Kier molecular flexibility index (Phi) is 4.76. The number of hydrogen-bond donors (Lipinski definition) is 0. The van der Waals surface area contributed by atoms with E-state index in [4.69, 9.17) is 14.5 Å². The molecule has 0 saturated heterocycles. The van der Waals surface area contributed by atoms with Gasteiger partial charge in [-0.3, -0.25) is 22.9 Å². The molecule has 0 bridgehead atoms. The van der Waals surface area contributed by atoms with E-state index < -0.39 is 11.2 Å². The van der Waals surface area contributed by atoms with E-state index in [1.165, 1.54) is 9.13 Å². The summed E-state index contributed by atoms with van der Waals surface area (Å²) in [6.45, 7) is 9.65. The minimum atomic E-state index is -0.427. The molecule has 0 radical (unpaired) electrons. The lowest BCUT2D eigenvalue weighted by molar-refractivity contribution is 0.393. The van der Waals surface area contributed by atoms with Crippen LogP contribution in [0, 0.1) is 13.8 Å². The lowest BCUT2D eigenvalue weighted by atomic mass is 10.2. The van der Waals surface area contributed by atoms with Crippen LogP contribution in [0.1, 0.15) is 18.3 Å². The van der Waals surface area contributed by atoms with Gasteiger partial charge < -0.3 is 9.47 Å². The van der Waals surface area contributed by atoms with Crippen molar-refractivity contribution in [1.29, 1.82) is 0 Å². The van der Waals surface area contributed by atoms with E-state index in [1.54, 1.807) is 38.7 Å². The third kappa shape index (κ3) is 2.88. The minimum absolute atomic E-state index is 0.153. The van der Waals surface area contributed by atoms with Crippen molar-refractivity contribution in [3.63, 3.8) is 0 Å². The van der Waals surface area contributed by atoms with Gasteiger partial charge in [-0.2, -0.15) is 4.98 Å². The number of rotatable bonds is 5. The second-order valence-corrected chi connectivity index (χ2v) is 7.65. The number of benzene rings is 1. The standard InChI is InChI=1S/C22H25N5O4/c1-12(2)11-25-20(28)18-19(24(5)22(25)29)23-21-26(13(3)14(4)27(18)21)16-9-8-15(30-6)10-17(16)31-7/h8-10H,1,11H2,2-7H3. The number of aromatic nitrogens is 5. The van der Waals surface area contributed by atoms with Crippen molar-refractivity contribution >= 4 is 16.9 Å². The molecule has 31 heavy (non-hydrogen) atoms. The monoisotopic (exact) mass is 423 g/mol. The van der Waals surface area contributed by atoms with Gasteiger partial charge >= 0.3 is 5.69 Å². The SMILES string of the molecule is C=C(C)Cn1c(=O)c2c(nc3n(-c4ccc(OC)cc4OC)c(C)c(C)n23)n(C)c1=O. The Hall–Kier alpha value is -3.75. The molecule has 0 amide bonds. The number of hydrogen-bond acceptors (Lipinski definition) is 5. The Morgan fingerprint density at radius 1 is 1.13 bits per heavy atom. The van der Waals surface area contributed by atoms with Gasteiger partial charge in [-0.15, -0.1) is 0 Å². The highest BCUT2D eigenvalue weighted by atomic mass is 16.5. The first-order chi connectivity index (χ1) is 14.7. The second kappa shape index (κ2) is 7.19. The molecule has 0 N–H and O–H groups in total. The number of aryl methyl sites for hydroxylation is 2. The van der Waals surface area contributed by atoms with E-state index in [1.807, 2.05) is 30.5 Å². The Morgan fingerprint density at radius 3 is 2.45 bits per heavy atom. The predicted molar refractivity (Wildman–Crippen MR) is 119 cm³/mol. The molecule has 0 unspecified atom stereocenters. The quantitative estimate of drug-likeness (QED) is 0.460. The number of imidazole rings is 2. The van der Waals surface area contributed by atoms with Gasteiger partial charge in [-0.05, 0) is 32.9 Å². The first kappa shape index (κ1) is 20.5. The first-order valence-electron chi connectivity index (χ1n) is 9.77. The van der Waals surface area contributed by atoms with Crippen LogP contribution in [-0.4, -0.2) is 37.3 Å². The summed E-state index contributed by atoms with van der Waals surface area (Å²) in [5.41, 5.74) is 3.06. The van der Waals surface area contributed by atoms with Crippen molar-refractivity contribution in [3.05, 3.63) is 62.6 Å². The molecule has 0 aliphatic heterocycles. The molecule has 0 saturated carbocycles. The molecule has 0 spiro atoms. The van der Waals surface area contributed by atoms with Crippen LogP contribution in [0.25, 0.3) is 22.6 Å². The number of ether oxygens (including phenoxy) is 2. The molecule has 162 valence electrons. The van der Waals surface area contributed by atoms with Crippen molar-refractivity contribution in [2.75, 3.05) is 14.2 Å². The van der Waals surface area contributed by atoms with Gasteiger partial charge in [0.05, 0.1) is 26.5 Å². The van der Waals surface area contributed by atoms with Crippen molar-refractivity contribution in [2.24, 2.45) is 7.05 Å². The topological polar surface area (TPSA) is 84.7 Å². The van der Waals surface area contributed by atoms with E-state index in [2.05, 4.69) is 6.58 Å². The molecule has 0 atom stereocenters. The van der Waals surface area contributed by atoms with E-state index in [0.29, 0.717) is 34.0 Å². The highest BCUT2D eigenvalue weighted by Crippen LogP contribution is 2.32. The zero-order valence-corrected chi connectivity index (χ0v) is 18.5. The van der Waals surface area contributed by atoms with Gasteiger partial charge in [0.25, 0.3) is 5.56 Å². The maximum atomic E-state index is 13.3. The molecule has 0 aliphatic carbocycles. The Balaban J connectivity index is 2.16. The number of methoxy groups -OCH3 is 2. The van der Waals surface area contributed by atoms with Crippen LogP contribution in [-0.2, 0) is 13.6 Å².